The fraction of sp³-hybridized carbons (Fsp3) is 0.500. The van der Waals surface area contributed by atoms with E-state index in [0.29, 0.717) is 6.54 Å². The van der Waals surface area contributed by atoms with Gasteiger partial charge in [0.25, 0.3) is 0 Å². The van der Waals surface area contributed by atoms with Gasteiger partial charge in [-0.15, -0.1) is 0 Å². The van der Waals surface area contributed by atoms with E-state index in [0.717, 1.165) is 4.47 Å². The Morgan fingerprint density at radius 2 is 2.00 bits per heavy atom. The summed E-state index contributed by atoms with van der Waals surface area (Å²) in [7, 11) is 0. The van der Waals surface area contributed by atoms with Gasteiger partial charge in [0.05, 0.1) is 5.60 Å². The minimum Gasteiger partial charge on any atom is -0.389 e. The van der Waals surface area contributed by atoms with Crippen LogP contribution in [-0.4, -0.2) is 17.3 Å². The Bertz CT molecular complexity index is 320. The van der Waals surface area contributed by atoms with Crippen molar-refractivity contribution in [3.8, 4) is 0 Å². The predicted molar refractivity (Wildman–Crippen MR) is 66.9 cm³/mol. The minimum absolute atomic E-state index is 0.229. The number of benzene rings is 1. The maximum absolute atomic E-state index is 9.61. The number of hydrogen-bond donors (Lipinski definition) is 2. The molecule has 15 heavy (non-hydrogen) atoms. The highest BCUT2D eigenvalue weighted by molar-refractivity contribution is 9.10. The van der Waals surface area contributed by atoms with Gasteiger partial charge in [0.2, 0.25) is 0 Å². The Hall–Kier alpha value is -0.380. The third-order valence-electron chi connectivity index (χ3n) is 2.21. The second kappa shape index (κ2) is 5.10. The van der Waals surface area contributed by atoms with Gasteiger partial charge in [0, 0.05) is 17.1 Å². The molecule has 0 aliphatic heterocycles. The minimum atomic E-state index is -0.671. The first-order valence-electron chi connectivity index (χ1n) is 5.10. The number of halogens is 1. The van der Waals surface area contributed by atoms with Crippen LogP contribution < -0.4 is 5.32 Å². The van der Waals surface area contributed by atoms with Crippen LogP contribution in [0.4, 0.5) is 0 Å². The van der Waals surface area contributed by atoms with Crippen LogP contribution in [0.2, 0.25) is 0 Å². The van der Waals surface area contributed by atoms with Gasteiger partial charge in [-0.1, -0.05) is 34.1 Å². The molecule has 0 unspecified atom stereocenters. The van der Waals surface area contributed by atoms with Crippen molar-refractivity contribution in [1.82, 2.24) is 5.32 Å². The molecule has 84 valence electrons. The molecule has 0 spiro atoms. The summed E-state index contributed by atoms with van der Waals surface area (Å²) in [6, 6.07) is 8.34. The maximum atomic E-state index is 9.61. The molecule has 0 bridgehead atoms. The zero-order valence-corrected chi connectivity index (χ0v) is 11.0. The molecule has 0 saturated heterocycles. The van der Waals surface area contributed by atoms with Crippen molar-refractivity contribution < 1.29 is 5.11 Å². The molecule has 2 nitrogen and oxygen atoms in total. The molecular formula is C12H18BrNO. The monoisotopic (exact) mass is 271 g/mol. The van der Waals surface area contributed by atoms with Crippen molar-refractivity contribution in [3.63, 3.8) is 0 Å². The lowest BCUT2D eigenvalue weighted by molar-refractivity contribution is 0.0770. The standard InChI is InChI=1S/C12H18BrNO/c1-9(14-8-12(2,3)15)10-6-4-5-7-11(10)13/h4-7,9,14-15H,8H2,1-3H3/t9-/m0/s1. The van der Waals surface area contributed by atoms with Gasteiger partial charge in [-0.2, -0.15) is 0 Å². The number of hydrogen-bond acceptors (Lipinski definition) is 2. The van der Waals surface area contributed by atoms with Gasteiger partial charge in [-0.3, -0.25) is 0 Å². The quantitative estimate of drug-likeness (QED) is 0.883. The van der Waals surface area contributed by atoms with E-state index >= 15 is 0 Å². The Morgan fingerprint density at radius 1 is 1.40 bits per heavy atom. The summed E-state index contributed by atoms with van der Waals surface area (Å²) in [4.78, 5) is 0. The zero-order valence-electron chi connectivity index (χ0n) is 9.42. The highest BCUT2D eigenvalue weighted by atomic mass is 79.9. The maximum Gasteiger partial charge on any atom is 0.0715 e. The smallest absolute Gasteiger partial charge is 0.0715 e. The molecule has 0 aliphatic carbocycles. The molecule has 1 rings (SSSR count). The first-order chi connectivity index (χ1) is 6.90. The van der Waals surface area contributed by atoms with Gasteiger partial charge < -0.3 is 10.4 Å². The fourth-order valence-corrected chi connectivity index (χ4v) is 1.97. The lowest BCUT2D eigenvalue weighted by Gasteiger charge is -2.22. The van der Waals surface area contributed by atoms with Crippen LogP contribution in [0.15, 0.2) is 28.7 Å². The van der Waals surface area contributed by atoms with Crippen molar-refractivity contribution in [2.75, 3.05) is 6.54 Å². The molecule has 0 fully saturated rings. The molecule has 3 heteroatoms. The van der Waals surface area contributed by atoms with E-state index in [-0.39, 0.29) is 6.04 Å². The van der Waals surface area contributed by atoms with Crippen LogP contribution in [0, 0.1) is 0 Å². The highest BCUT2D eigenvalue weighted by Crippen LogP contribution is 2.22. The van der Waals surface area contributed by atoms with E-state index in [9.17, 15) is 5.11 Å². The Kier molecular flexibility index (Phi) is 4.32. The molecule has 0 heterocycles. The molecule has 1 aromatic carbocycles. The van der Waals surface area contributed by atoms with Gasteiger partial charge in [0.15, 0.2) is 0 Å². The summed E-state index contributed by atoms with van der Waals surface area (Å²) in [5.74, 6) is 0. The SMILES string of the molecule is C[C@H](NCC(C)(C)O)c1ccccc1Br. The van der Waals surface area contributed by atoms with Crippen molar-refractivity contribution in [1.29, 1.82) is 0 Å². The molecule has 0 amide bonds. The Labute approximate surface area is 99.8 Å². The third-order valence-corrected chi connectivity index (χ3v) is 2.93. The lowest BCUT2D eigenvalue weighted by atomic mass is 10.1. The van der Waals surface area contributed by atoms with E-state index in [4.69, 9.17) is 0 Å². The summed E-state index contributed by atoms with van der Waals surface area (Å²) in [6.07, 6.45) is 0. The first-order valence-corrected chi connectivity index (χ1v) is 5.89. The van der Waals surface area contributed by atoms with Crippen molar-refractivity contribution >= 4 is 15.9 Å². The van der Waals surface area contributed by atoms with Crippen LogP contribution in [-0.2, 0) is 0 Å². The van der Waals surface area contributed by atoms with E-state index < -0.39 is 5.60 Å². The number of aliphatic hydroxyl groups is 1. The summed E-state index contributed by atoms with van der Waals surface area (Å²) < 4.78 is 1.10. The summed E-state index contributed by atoms with van der Waals surface area (Å²) in [5, 5.41) is 12.9. The molecule has 0 aliphatic rings. The fourth-order valence-electron chi connectivity index (χ4n) is 1.34. The number of nitrogens with one attached hydrogen (secondary N) is 1. The summed E-state index contributed by atoms with van der Waals surface area (Å²) in [5.41, 5.74) is 0.539. The largest absolute Gasteiger partial charge is 0.389 e. The molecule has 0 radical (unpaired) electrons. The molecule has 0 saturated carbocycles. The van der Waals surface area contributed by atoms with E-state index in [1.807, 2.05) is 18.2 Å². The molecule has 0 aromatic heterocycles. The predicted octanol–water partition coefficient (Wildman–Crippen LogP) is 2.87. The van der Waals surface area contributed by atoms with Crippen molar-refractivity contribution in [2.45, 2.75) is 32.4 Å². The topological polar surface area (TPSA) is 32.3 Å². The van der Waals surface area contributed by atoms with Crippen LogP contribution >= 0.6 is 15.9 Å². The Morgan fingerprint density at radius 3 is 2.53 bits per heavy atom. The molecule has 1 aromatic rings. The molecule has 1 atom stereocenters. The average molecular weight is 272 g/mol. The summed E-state index contributed by atoms with van der Waals surface area (Å²) in [6.45, 7) is 6.26. The van der Waals surface area contributed by atoms with Crippen LogP contribution in [0.5, 0.6) is 0 Å². The van der Waals surface area contributed by atoms with Crippen LogP contribution in [0.3, 0.4) is 0 Å². The summed E-state index contributed by atoms with van der Waals surface area (Å²) >= 11 is 3.51. The molecular weight excluding hydrogens is 254 g/mol. The third kappa shape index (κ3) is 4.33. The van der Waals surface area contributed by atoms with Crippen molar-refractivity contribution in [3.05, 3.63) is 34.3 Å². The van der Waals surface area contributed by atoms with E-state index in [2.05, 4.69) is 34.2 Å². The van der Waals surface area contributed by atoms with Gasteiger partial charge in [-0.25, -0.2) is 0 Å². The van der Waals surface area contributed by atoms with E-state index in [1.165, 1.54) is 5.56 Å². The lowest BCUT2D eigenvalue weighted by Crippen LogP contribution is -2.36. The van der Waals surface area contributed by atoms with Gasteiger partial charge >= 0.3 is 0 Å². The van der Waals surface area contributed by atoms with E-state index in [1.54, 1.807) is 13.8 Å². The van der Waals surface area contributed by atoms with Crippen LogP contribution in [0.1, 0.15) is 32.4 Å². The number of rotatable bonds is 4. The second-order valence-corrected chi connectivity index (χ2v) is 5.29. The normalized spacial score (nSPS) is 13.9. The van der Waals surface area contributed by atoms with Gasteiger partial charge in [-0.05, 0) is 32.4 Å². The second-order valence-electron chi connectivity index (χ2n) is 4.44. The zero-order chi connectivity index (χ0) is 11.5. The highest BCUT2D eigenvalue weighted by Gasteiger charge is 2.15. The Balaban J connectivity index is 2.62. The first kappa shape index (κ1) is 12.7. The van der Waals surface area contributed by atoms with Gasteiger partial charge in [0.1, 0.15) is 0 Å². The van der Waals surface area contributed by atoms with Crippen LogP contribution in [0.25, 0.3) is 0 Å². The van der Waals surface area contributed by atoms with Crippen molar-refractivity contribution in [2.24, 2.45) is 0 Å². The molecule has 2 N–H and O–H groups in total. The average Bonchev–Trinajstić information content (AvgIpc) is 2.14.